The smallest absolute Gasteiger partial charge is 0.339 e. The van der Waals surface area contributed by atoms with Crippen LogP contribution in [0.3, 0.4) is 0 Å². The minimum Gasteiger partial charge on any atom is -0.478 e. The lowest BCUT2D eigenvalue weighted by atomic mass is 10.1. The van der Waals surface area contributed by atoms with E-state index in [0.29, 0.717) is 22.4 Å². The monoisotopic (exact) mass is 352 g/mol. The van der Waals surface area contributed by atoms with Crippen molar-refractivity contribution in [2.45, 2.75) is 0 Å². The Morgan fingerprint density at radius 1 is 1.00 bits per heavy atom. The van der Waals surface area contributed by atoms with Crippen molar-refractivity contribution < 1.29 is 29.3 Å². The number of carbonyl (C=O) groups is 2. The van der Waals surface area contributed by atoms with Crippen LogP contribution >= 0.6 is 0 Å². The van der Waals surface area contributed by atoms with E-state index in [1.165, 1.54) is 12.3 Å². The van der Waals surface area contributed by atoms with Crippen LogP contribution in [0, 0.1) is 0 Å². The molecule has 8 nitrogen and oxygen atoms in total. The summed E-state index contributed by atoms with van der Waals surface area (Å²) in [5.74, 6) is -1.32. The van der Waals surface area contributed by atoms with Crippen molar-refractivity contribution in [1.82, 2.24) is 4.98 Å². The quantitative estimate of drug-likeness (QED) is 0.655. The zero-order valence-corrected chi connectivity index (χ0v) is 13.2. The van der Waals surface area contributed by atoms with E-state index in [0.717, 1.165) is 0 Å². The van der Waals surface area contributed by atoms with Crippen molar-refractivity contribution >= 4 is 34.2 Å². The molecule has 1 aliphatic heterocycles. The first-order valence-corrected chi connectivity index (χ1v) is 7.59. The standard InChI is InChI=1S/C18H12N2O6/c21-17(22)9-3-1-2-4-12(9)20-16-10-5-14-15(26-8-25-14)6-13(10)19-7-11(16)18(23)24/h1-7H,8H2,(H,19,20)(H,21,22)(H,23,24). The van der Waals surface area contributed by atoms with Crippen molar-refractivity contribution in [2.24, 2.45) is 0 Å². The topological polar surface area (TPSA) is 118 Å². The number of carboxylic acids is 2. The van der Waals surface area contributed by atoms with E-state index in [4.69, 9.17) is 9.47 Å². The molecule has 3 N–H and O–H groups in total. The Morgan fingerprint density at radius 2 is 1.69 bits per heavy atom. The van der Waals surface area contributed by atoms with Crippen molar-refractivity contribution in [3.63, 3.8) is 0 Å². The third-order valence-electron chi connectivity index (χ3n) is 4.01. The number of ether oxygens (including phenoxy) is 2. The highest BCUT2D eigenvalue weighted by molar-refractivity contribution is 6.07. The molecule has 130 valence electrons. The van der Waals surface area contributed by atoms with Gasteiger partial charge in [-0.1, -0.05) is 12.1 Å². The minimum atomic E-state index is -1.19. The molecule has 2 heterocycles. The summed E-state index contributed by atoms with van der Waals surface area (Å²) in [6.45, 7) is 0.0715. The van der Waals surface area contributed by atoms with Crippen LogP contribution in [0.1, 0.15) is 20.7 Å². The highest BCUT2D eigenvalue weighted by Crippen LogP contribution is 2.39. The first kappa shape index (κ1) is 15.7. The Bertz CT molecular complexity index is 1060. The summed E-state index contributed by atoms with van der Waals surface area (Å²) in [4.78, 5) is 27.3. The number of rotatable bonds is 4. The van der Waals surface area contributed by atoms with Crippen molar-refractivity contribution in [2.75, 3.05) is 12.1 Å². The van der Waals surface area contributed by atoms with E-state index in [9.17, 15) is 19.8 Å². The zero-order chi connectivity index (χ0) is 18.3. The second-order valence-electron chi connectivity index (χ2n) is 5.55. The number of aromatic nitrogens is 1. The summed E-state index contributed by atoms with van der Waals surface area (Å²) < 4.78 is 10.7. The van der Waals surface area contributed by atoms with Crippen LogP contribution in [0.5, 0.6) is 11.5 Å². The van der Waals surface area contributed by atoms with E-state index in [1.54, 1.807) is 30.3 Å². The number of fused-ring (bicyclic) bond motifs is 2. The molecular weight excluding hydrogens is 340 g/mol. The number of hydrogen-bond donors (Lipinski definition) is 3. The van der Waals surface area contributed by atoms with Crippen molar-refractivity contribution in [3.8, 4) is 11.5 Å². The average molecular weight is 352 g/mol. The van der Waals surface area contributed by atoms with Gasteiger partial charge in [0.1, 0.15) is 5.56 Å². The molecule has 0 aliphatic carbocycles. The Balaban J connectivity index is 1.94. The second-order valence-corrected chi connectivity index (χ2v) is 5.55. The van der Waals surface area contributed by atoms with E-state index in [1.807, 2.05) is 0 Å². The van der Waals surface area contributed by atoms with E-state index in [2.05, 4.69) is 10.3 Å². The molecule has 8 heteroatoms. The lowest BCUT2D eigenvalue weighted by Crippen LogP contribution is -2.07. The van der Waals surface area contributed by atoms with Gasteiger partial charge in [0.15, 0.2) is 11.5 Å². The molecule has 26 heavy (non-hydrogen) atoms. The van der Waals surface area contributed by atoms with Gasteiger partial charge >= 0.3 is 11.9 Å². The minimum absolute atomic E-state index is 0.0227. The van der Waals surface area contributed by atoms with Crippen LogP contribution in [0.2, 0.25) is 0 Å². The number of pyridine rings is 1. The molecule has 0 radical (unpaired) electrons. The molecular formula is C18H12N2O6. The number of nitrogens with one attached hydrogen (secondary N) is 1. The number of hydrogen-bond acceptors (Lipinski definition) is 6. The van der Waals surface area contributed by atoms with Crippen LogP contribution in [0.4, 0.5) is 11.4 Å². The van der Waals surface area contributed by atoms with Crippen molar-refractivity contribution in [3.05, 3.63) is 53.7 Å². The number of anilines is 2. The number of benzene rings is 2. The maximum Gasteiger partial charge on any atom is 0.339 e. The fraction of sp³-hybridized carbons (Fsp3) is 0.0556. The van der Waals surface area contributed by atoms with Gasteiger partial charge in [0.2, 0.25) is 6.79 Å². The number of nitrogens with zero attached hydrogens (tertiary/aromatic N) is 1. The number of carboxylic acid groups (broad SMARTS) is 2. The van der Waals surface area contributed by atoms with E-state index in [-0.39, 0.29) is 29.3 Å². The average Bonchev–Trinajstić information content (AvgIpc) is 3.07. The second kappa shape index (κ2) is 5.92. The molecule has 1 aromatic heterocycles. The van der Waals surface area contributed by atoms with E-state index < -0.39 is 11.9 Å². The van der Waals surface area contributed by atoms with Gasteiger partial charge in [-0.2, -0.15) is 0 Å². The molecule has 4 rings (SSSR count). The van der Waals surface area contributed by atoms with Gasteiger partial charge in [-0.25, -0.2) is 9.59 Å². The first-order valence-electron chi connectivity index (χ1n) is 7.59. The van der Waals surface area contributed by atoms with Crippen LogP contribution in [0.15, 0.2) is 42.6 Å². The highest BCUT2D eigenvalue weighted by Gasteiger charge is 2.21. The fourth-order valence-corrected chi connectivity index (χ4v) is 2.79. The Kier molecular flexibility index (Phi) is 3.58. The van der Waals surface area contributed by atoms with Crippen LogP contribution in [-0.4, -0.2) is 33.9 Å². The summed E-state index contributed by atoms with van der Waals surface area (Å²) in [5, 5.41) is 22.3. The summed E-state index contributed by atoms with van der Waals surface area (Å²) >= 11 is 0. The molecule has 0 unspecified atom stereocenters. The Morgan fingerprint density at radius 3 is 2.42 bits per heavy atom. The molecule has 3 aromatic rings. The molecule has 2 aromatic carbocycles. The van der Waals surface area contributed by atoms with Gasteiger partial charge in [0.05, 0.1) is 22.5 Å². The van der Waals surface area contributed by atoms with Gasteiger partial charge in [-0.05, 0) is 18.2 Å². The van der Waals surface area contributed by atoms with Gasteiger partial charge in [0.25, 0.3) is 0 Å². The molecule has 0 saturated carbocycles. The van der Waals surface area contributed by atoms with Crippen LogP contribution in [0.25, 0.3) is 10.9 Å². The first-order chi connectivity index (χ1) is 12.5. The molecule has 1 aliphatic rings. The predicted octanol–water partition coefficient (Wildman–Crippen LogP) is 3.10. The zero-order valence-electron chi connectivity index (χ0n) is 13.2. The molecule has 0 atom stereocenters. The van der Waals surface area contributed by atoms with Crippen LogP contribution < -0.4 is 14.8 Å². The molecule has 0 saturated heterocycles. The fourth-order valence-electron chi connectivity index (χ4n) is 2.79. The highest BCUT2D eigenvalue weighted by atomic mass is 16.7. The van der Waals surface area contributed by atoms with Crippen LogP contribution in [-0.2, 0) is 0 Å². The normalized spacial score (nSPS) is 12.2. The summed E-state index contributed by atoms with van der Waals surface area (Å²) in [6.07, 6.45) is 1.22. The lowest BCUT2D eigenvalue weighted by Gasteiger charge is -2.14. The van der Waals surface area contributed by atoms with Crippen molar-refractivity contribution in [1.29, 1.82) is 0 Å². The molecule has 0 spiro atoms. The van der Waals surface area contributed by atoms with Gasteiger partial charge < -0.3 is 25.0 Å². The Hall–Kier alpha value is -3.81. The predicted molar refractivity (Wildman–Crippen MR) is 91.5 cm³/mol. The Labute approximate surface area is 146 Å². The number of para-hydroxylation sites is 1. The third-order valence-corrected chi connectivity index (χ3v) is 4.01. The maximum atomic E-state index is 11.7. The summed E-state index contributed by atoms with van der Waals surface area (Å²) in [7, 11) is 0. The van der Waals surface area contributed by atoms with Gasteiger partial charge in [-0.3, -0.25) is 4.98 Å². The molecule has 0 fully saturated rings. The summed E-state index contributed by atoms with van der Waals surface area (Å²) in [5.41, 5.74) is 0.933. The number of aromatic carboxylic acids is 2. The van der Waals surface area contributed by atoms with E-state index >= 15 is 0 Å². The largest absolute Gasteiger partial charge is 0.478 e. The molecule has 0 bridgehead atoms. The third kappa shape index (κ3) is 2.53. The molecule has 0 amide bonds. The SMILES string of the molecule is O=C(O)c1ccccc1Nc1c(C(=O)O)cnc2cc3c(cc12)OCO3. The summed E-state index contributed by atoms with van der Waals surface area (Å²) in [6, 6.07) is 9.53. The lowest BCUT2D eigenvalue weighted by molar-refractivity contribution is 0.0687. The van der Waals surface area contributed by atoms with Gasteiger partial charge in [0, 0.05) is 17.6 Å². The maximum absolute atomic E-state index is 11.7. The van der Waals surface area contributed by atoms with Gasteiger partial charge in [-0.15, -0.1) is 0 Å².